The number of hydrogen-bond donors (Lipinski definition) is 3. The molecule has 136 valence electrons. The number of halogens is 1. The van der Waals surface area contributed by atoms with Crippen LogP contribution in [0.3, 0.4) is 0 Å². The number of nitrogens with zero attached hydrogens (tertiary/aromatic N) is 2. The van der Waals surface area contributed by atoms with E-state index >= 15 is 0 Å². The van der Waals surface area contributed by atoms with E-state index < -0.39 is 5.25 Å². The fourth-order valence-corrected chi connectivity index (χ4v) is 3.45. The van der Waals surface area contributed by atoms with Crippen LogP contribution in [0.15, 0.2) is 34.5 Å². The Bertz CT molecular complexity index is 1000. The Labute approximate surface area is 157 Å². The largest absolute Gasteiger partial charge is 0.495 e. The number of hydrogen-bond acceptors (Lipinski definition) is 6. The highest BCUT2D eigenvalue weighted by molar-refractivity contribution is 8.00. The SMILES string of the molecule is CC[C@H](Sc1nc2nc[nH]c2c(=O)[nH]1)C(=O)Nc1ccc(OC)c(Cl)c1. The van der Waals surface area contributed by atoms with Gasteiger partial charge in [0.2, 0.25) is 5.91 Å². The van der Waals surface area contributed by atoms with Crippen LogP contribution < -0.4 is 15.6 Å². The van der Waals surface area contributed by atoms with Gasteiger partial charge >= 0.3 is 0 Å². The molecule has 0 saturated carbocycles. The zero-order valence-electron chi connectivity index (χ0n) is 14.0. The number of aromatic nitrogens is 4. The number of imidazole rings is 1. The molecule has 1 aromatic carbocycles. The topological polar surface area (TPSA) is 113 Å². The van der Waals surface area contributed by atoms with E-state index in [1.54, 1.807) is 18.2 Å². The first-order valence-corrected chi connectivity index (χ1v) is 9.02. The number of aromatic amines is 2. The van der Waals surface area contributed by atoms with Gasteiger partial charge in [-0.2, -0.15) is 0 Å². The molecule has 2 aromatic heterocycles. The van der Waals surface area contributed by atoms with Crippen molar-refractivity contribution in [2.45, 2.75) is 23.8 Å². The summed E-state index contributed by atoms with van der Waals surface area (Å²) in [5.41, 5.74) is 0.851. The molecule has 0 aliphatic heterocycles. The molecule has 2 heterocycles. The molecule has 0 bridgehead atoms. The van der Waals surface area contributed by atoms with Crippen LogP contribution in [0.1, 0.15) is 13.3 Å². The van der Waals surface area contributed by atoms with Gasteiger partial charge in [0.25, 0.3) is 5.56 Å². The van der Waals surface area contributed by atoms with Crippen LogP contribution in [-0.4, -0.2) is 38.2 Å². The van der Waals surface area contributed by atoms with Crippen molar-refractivity contribution < 1.29 is 9.53 Å². The molecular formula is C16H16ClN5O3S. The van der Waals surface area contributed by atoms with Crippen molar-refractivity contribution >= 4 is 46.1 Å². The van der Waals surface area contributed by atoms with E-state index in [0.717, 1.165) is 0 Å². The van der Waals surface area contributed by atoms with Crippen molar-refractivity contribution in [2.24, 2.45) is 0 Å². The second kappa shape index (κ2) is 7.79. The minimum atomic E-state index is -0.449. The molecule has 0 fully saturated rings. The van der Waals surface area contributed by atoms with E-state index in [1.807, 2.05) is 6.92 Å². The number of fused-ring (bicyclic) bond motifs is 1. The van der Waals surface area contributed by atoms with Gasteiger partial charge in [0.1, 0.15) is 5.75 Å². The summed E-state index contributed by atoms with van der Waals surface area (Å²) in [7, 11) is 1.52. The second-order valence-electron chi connectivity index (χ2n) is 5.33. The second-order valence-corrected chi connectivity index (χ2v) is 6.92. The molecule has 3 N–H and O–H groups in total. The number of carbonyl (C=O) groups excluding carboxylic acids is 1. The van der Waals surface area contributed by atoms with Gasteiger partial charge in [0, 0.05) is 5.69 Å². The summed E-state index contributed by atoms with van der Waals surface area (Å²) in [6.45, 7) is 1.88. The number of methoxy groups -OCH3 is 1. The number of benzene rings is 1. The fraction of sp³-hybridized carbons (Fsp3) is 0.250. The molecule has 0 spiro atoms. The first-order chi connectivity index (χ1) is 12.5. The lowest BCUT2D eigenvalue weighted by atomic mass is 10.2. The van der Waals surface area contributed by atoms with Gasteiger partial charge in [0.05, 0.1) is 23.7 Å². The van der Waals surface area contributed by atoms with E-state index in [-0.39, 0.29) is 11.5 Å². The van der Waals surface area contributed by atoms with Crippen LogP contribution in [-0.2, 0) is 4.79 Å². The number of rotatable bonds is 6. The highest BCUT2D eigenvalue weighted by atomic mass is 35.5. The number of amides is 1. The molecule has 3 rings (SSSR count). The van der Waals surface area contributed by atoms with Gasteiger partial charge in [-0.3, -0.25) is 14.6 Å². The molecule has 0 aliphatic carbocycles. The van der Waals surface area contributed by atoms with Gasteiger partial charge < -0.3 is 15.0 Å². The lowest BCUT2D eigenvalue weighted by Gasteiger charge is -2.14. The summed E-state index contributed by atoms with van der Waals surface area (Å²) in [5.74, 6) is 0.309. The Morgan fingerprint density at radius 1 is 1.46 bits per heavy atom. The van der Waals surface area contributed by atoms with E-state index in [9.17, 15) is 9.59 Å². The monoisotopic (exact) mass is 393 g/mol. The van der Waals surface area contributed by atoms with Crippen LogP contribution in [0.4, 0.5) is 5.69 Å². The Morgan fingerprint density at radius 2 is 2.27 bits per heavy atom. The third-order valence-corrected chi connectivity index (χ3v) is 5.15. The highest BCUT2D eigenvalue weighted by Crippen LogP contribution is 2.28. The quantitative estimate of drug-likeness (QED) is 0.438. The summed E-state index contributed by atoms with van der Waals surface area (Å²) >= 11 is 7.25. The molecule has 3 aromatic rings. The summed E-state index contributed by atoms with van der Waals surface area (Å²) in [6, 6.07) is 5.00. The van der Waals surface area contributed by atoms with Crippen molar-refractivity contribution in [1.29, 1.82) is 0 Å². The van der Waals surface area contributed by atoms with Crippen molar-refractivity contribution in [2.75, 3.05) is 12.4 Å². The summed E-state index contributed by atoms with van der Waals surface area (Å²) in [5, 5.41) is 3.10. The zero-order valence-corrected chi connectivity index (χ0v) is 15.6. The highest BCUT2D eigenvalue weighted by Gasteiger charge is 2.20. The predicted octanol–water partition coefficient (Wildman–Crippen LogP) is 2.82. The third kappa shape index (κ3) is 3.83. The van der Waals surface area contributed by atoms with Gasteiger partial charge in [0.15, 0.2) is 16.3 Å². The number of H-pyrrole nitrogens is 2. The average Bonchev–Trinajstić information content (AvgIpc) is 3.09. The normalized spacial score (nSPS) is 12.1. The van der Waals surface area contributed by atoms with Gasteiger partial charge in [-0.25, -0.2) is 9.97 Å². The predicted molar refractivity (Wildman–Crippen MR) is 101 cm³/mol. The van der Waals surface area contributed by atoms with Crippen LogP contribution in [0.25, 0.3) is 11.2 Å². The smallest absolute Gasteiger partial charge is 0.277 e. The molecule has 0 saturated heterocycles. The molecule has 0 unspecified atom stereocenters. The molecule has 26 heavy (non-hydrogen) atoms. The molecule has 1 atom stereocenters. The van der Waals surface area contributed by atoms with Gasteiger partial charge in [-0.15, -0.1) is 0 Å². The van der Waals surface area contributed by atoms with Crippen molar-refractivity contribution in [3.05, 3.63) is 39.9 Å². The van der Waals surface area contributed by atoms with Crippen molar-refractivity contribution in [3.63, 3.8) is 0 Å². The minimum absolute atomic E-state index is 0.219. The minimum Gasteiger partial charge on any atom is -0.495 e. The molecule has 10 heteroatoms. The average molecular weight is 394 g/mol. The Morgan fingerprint density at radius 3 is 2.96 bits per heavy atom. The Balaban J connectivity index is 1.76. The molecule has 8 nitrogen and oxygen atoms in total. The van der Waals surface area contributed by atoms with E-state index in [2.05, 4.69) is 25.3 Å². The van der Waals surface area contributed by atoms with Crippen molar-refractivity contribution in [1.82, 2.24) is 19.9 Å². The van der Waals surface area contributed by atoms with E-state index in [4.69, 9.17) is 16.3 Å². The maximum atomic E-state index is 12.6. The first kappa shape index (κ1) is 18.3. The lowest BCUT2D eigenvalue weighted by molar-refractivity contribution is -0.115. The zero-order chi connectivity index (χ0) is 18.7. The number of thioether (sulfide) groups is 1. The molecule has 1 amide bonds. The number of ether oxygens (including phenoxy) is 1. The molecule has 0 aliphatic rings. The molecule has 0 radical (unpaired) electrons. The third-order valence-electron chi connectivity index (χ3n) is 3.61. The summed E-state index contributed by atoms with van der Waals surface area (Å²) in [4.78, 5) is 38.2. The van der Waals surface area contributed by atoms with Crippen LogP contribution >= 0.6 is 23.4 Å². The number of nitrogens with one attached hydrogen (secondary N) is 3. The Hall–Kier alpha value is -2.52. The maximum Gasteiger partial charge on any atom is 0.277 e. The maximum absolute atomic E-state index is 12.6. The van der Waals surface area contributed by atoms with E-state index in [1.165, 1.54) is 25.2 Å². The number of anilines is 1. The van der Waals surface area contributed by atoms with Crippen LogP contribution in [0, 0.1) is 0 Å². The van der Waals surface area contributed by atoms with Gasteiger partial charge in [-0.1, -0.05) is 30.3 Å². The number of carbonyl (C=O) groups is 1. The summed E-state index contributed by atoms with van der Waals surface area (Å²) in [6.07, 6.45) is 1.95. The van der Waals surface area contributed by atoms with Crippen LogP contribution in [0.5, 0.6) is 5.75 Å². The standard InChI is InChI=1S/C16H16ClN5O3S/c1-3-11(14(23)20-8-4-5-10(25-2)9(17)6-8)26-16-21-13-12(15(24)22-16)18-7-19-13/h4-7,11H,3H2,1-2H3,(H,20,23)(H2,18,19,21,22,24)/t11-/m0/s1. The fourth-order valence-electron chi connectivity index (χ4n) is 2.30. The lowest BCUT2D eigenvalue weighted by Crippen LogP contribution is -2.25. The first-order valence-electron chi connectivity index (χ1n) is 7.76. The van der Waals surface area contributed by atoms with E-state index in [0.29, 0.717) is 39.2 Å². The van der Waals surface area contributed by atoms with Crippen molar-refractivity contribution in [3.8, 4) is 5.75 Å². The van der Waals surface area contributed by atoms with Gasteiger partial charge in [-0.05, 0) is 24.6 Å². The Kier molecular flexibility index (Phi) is 5.48. The summed E-state index contributed by atoms with van der Waals surface area (Å²) < 4.78 is 5.09. The molecular weight excluding hydrogens is 378 g/mol. The van der Waals surface area contributed by atoms with Crippen LogP contribution in [0.2, 0.25) is 5.02 Å².